The van der Waals surface area contributed by atoms with Gasteiger partial charge in [-0.25, -0.2) is 0 Å². The van der Waals surface area contributed by atoms with Crippen LogP contribution in [0.5, 0.6) is 0 Å². The molecule has 76 valence electrons. The molecule has 0 aromatic heterocycles. The number of hydrogen-bond acceptors (Lipinski definition) is 2. The summed E-state index contributed by atoms with van der Waals surface area (Å²) in [6.07, 6.45) is 2.97. The molecule has 2 nitrogen and oxygen atoms in total. The molecule has 1 aromatic rings. The lowest BCUT2D eigenvalue weighted by atomic mass is 9.79. The fourth-order valence-corrected chi connectivity index (χ4v) is 2.17. The Morgan fingerprint density at radius 3 is 2.86 bits per heavy atom. The highest BCUT2D eigenvalue weighted by molar-refractivity contribution is 5.35. The van der Waals surface area contributed by atoms with Crippen LogP contribution in [-0.4, -0.2) is 10.7 Å². The number of rotatable bonds is 1. The fourth-order valence-electron chi connectivity index (χ4n) is 2.17. The summed E-state index contributed by atoms with van der Waals surface area (Å²) in [5, 5.41) is 9.08. The van der Waals surface area contributed by atoms with E-state index in [4.69, 9.17) is 5.21 Å². The average Bonchev–Trinajstić information content (AvgIpc) is 2.19. The number of benzene rings is 1. The van der Waals surface area contributed by atoms with Gasteiger partial charge in [0.2, 0.25) is 0 Å². The summed E-state index contributed by atoms with van der Waals surface area (Å²) in [7, 11) is 0. The molecule has 0 amide bonds. The second kappa shape index (κ2) is 3.37. The van der Waals surface area contributed by atoms with E-state index in [2.05, 4.69) is 37.5 Å². The van der Waals surface area contributed by atoms with Gasteiger partial charge in [0.05, 0.1) is 0 Å². The lowest BCUT2D eigenvalue weighted by Gasteiger charge is -2.33. The first-order chi connectivity index (χ1) is 6.63. The second-order valence-electron chi connectivity index (χ2n) is 4.62. The minimum atomic E-state index is -0.137. The zero-order valence-electron chi connectivity index (χ0n) is 8.80. The van der Waals surface area contributed by atoms with Crippen molar-refractivity contribution in [2.45, 2.75) is 38.6 Å². The molecule has 0 fully saturated rings. The van der Waals surface area contributed by atoms with Crippen LogP contribution >= 0.6 is 0 Å². The predicted molar refractivity (Wildman–Crippen MR) is 56.5 cm³/mol. The summed E-state index contributed by atoms with van der Waals surface area (Å²) in [6.45, 7) is 4.19. The van der Waals surface area contributed by atoms with Gasteiger partial charge in [-0.15, -0.1) is 0 Å². The summed E-state index contributed by atoms with van der Waals surface area (Å²) >= 11 is 0. The molecule has 1 aliphatic rings. The smallest absolute Gasteiger partial charge is 0.0445 e. The van der Waals surface area contributed by atoms with Crippen LogP contribution in [-0.2, 0) is 12.8 Å². The highest BCUT2D eigenvalue weighted by atomic mass is 16.5. The average molecular weight is 191 g/mol. The lowest BCUT2D eigenvalue weighted by molar-refractivity contribution is 0.0626. The van der Waals surface area contributed by atoms with Crippen molar-refractivity contribution in [3.05, 3.63) is 34.9 Å². The topological polar surface area (TPSA) is 32.3 Å². The quantitative estimate of drug-likeness (QED) is 0.667. The van der Waals surface area contributed by atoms with Crippen LogP contribution in [0.25, 0.3) is 0 Å². The number of aryl methyl sites for hydroxylation is 2. The van der Waals surface area contributed by atoms with Crippen molar-refractivity contribution in [3.8, 4) is 0 Å². The highest BCUT2D eigenvalue weighted by Gasteiger charge is 2.28. The van der Waals surface area contributed by atoms with E-state index in [0.717, 1.165) is 19.3 Å². The molecule has 0 aliphatic heterocycles. The van der Waals surface area contributed by atoms with Gasteiger partial charge in [0.25, 0.3) is 0 Å². The third-order valence-electron chi connectivity index (χ3n) is 3.16. The molecule has 0 radical (unpaired) electrons. The predicted octanol–water partition coefficient (Wildman–Crippen LogP) is 2.22. The Morgan fingerprint density at radius 2 is 2.14 bits per heavy atom. The van der Waals surface area contributed by atoms with Crippen molar-refractivity contribution in [1.82, 2.24) is 5.48 Å². The normalized spacial score (nSPS) is 25.9. The molecule has 2 N–H and O–H groups in total. The van der Waals surface area contributed by atoms with E-state index in [1.807, 2.05) is 0 Å². The number of nitrogens with one attached hydrogen (secondary N) is 1. The van der Waals surface area contributed by atoms with E-state index >= 15 is 0 Å². The van der Waals surface area contributed by atoms with E-state index in [9.17, 15) is 0 Å². The van der Waals surface area contributed by atoms with Crippen molar-refractivity contribution >= 4 is 0 Å². The van der Waals surface area contributed by atoms with Crippen LogP contribution < -0.4 is 5.48 Å². The van der Waals surface area contributed by atoms with Crippen molar-refractivity contribution < 1.29 is 5.21 Å². The first-order valence-electron chi connectivity index (χ1n) is 5.13. The standard InChI is InChI=1S/C12H17NO/c1-9-3-4-11-8-12(2,13-14)6-5-10(11)7-9/h3-4,7,13-14H,5-6,8H2,1-2H3. The molecular formula is C12H17NO. The Bertz CT molecular complexity index is 348. The molecule has 14 heavy (non-hydrogen) atoms. The molecule has 2 rings (SSSR count). The number of hydrogen-bond donors (Lipinski definition) is 2. The second-order valence-corrected chi connectivity index (χ2v) is 4.62. The van der Waals surface area contributed by atoms with Gasteiger partial charge in [-0.2, -0.15) is 5.48 Å². The lowest BCUT2D eigenvalue weighted by Crippen LogP contribution is -2.45. The molecule has 0 saturated carbocycles. The Morgan fingerprint density at radius 1 is 1.36 bits per heavy atom. The van der Waals surface area contributed by atoms with Gasteiger partial charge in [-0.3, -0.25) is 0 Å². The molecule has 0 bridgehead atoms. The summed E-state index contributed by atoms with van der Waals surface area (Å²) in [6, 6.07) is 6.58. The third kappa shape index (κ3) is 1.68. The van der Waals surface area contributed by atoms with Gasteiger partial charge >= 0.3 is 0 Å². The van der Waals surface area contributed by atoms with Crippen molar-refractivity contribution in [1.29, 1.82) is 0 Å². The summed E-state index contributed by atoms with van der Waals surface area (Å²) in [5.74, 6) is 0. The van der Waals surface area contributed by atoms with Crippen molar-refractivity contribution in [2.24, 2.45) is 0 Å². The Kier molecular flexibility index (Phi) is 2.33. The Hall–Kier alpha value is -0.860. The van der Waals surface area contributed by atoms with E-state index in [1.165, 1.54) is 16.7 Å². The molecule has 1 aliphatic carbocycles. The van der Waals surface area contributed by atoms with Crippen LogP contribution in [0.15, 0.2) is 18.2 Å². The van der Waals surface area contributed by atoms with Crippen molar-refractivity contribution in [3.63, 3.8) is 0 Å². The summed E-state index contributed by atoms with van der Waals surface area (Å²) in [4.78, 5) is 0. The zero-order chi connectivity index (χ0) is 10.2. The largest absolute Gasteiger partial charge is 0.316 e. The monoisotopic (exact) mass is 191 g/mol. The summed E-state index contributed by atoms with van der Waals surface area (Å²) < 4.78 is 0. The van der Waals surface area contributed by atoms with E-state index in [1.54, 1.807) is 0 Å². The van der Waals surface area contributed by atoms with Crippen LogP contribution in [0.1, 0.15) is 30.0 Å². The molecule has 0 heterocycles. The summed E-state index contributed by atoms with van der Waals surface area (Å²) in [5.41, 5.74) is 6.43. The van der Waals surface area contributed by atoms with Crippen LogP contribution in [0.4, 0.5) is 0 Å². The molecule has 1 aromatic carbocycles. The maximum atomic E-state index is 9.08. The van der Waals surface area contributed by atoms with Gasteiger partial charge in [-0.1, -0.05) is 23.8 Å². The first kappa shape index (κ1) is 9.69. The number of hydroxylamine groups is 1. The molecule has 0 saturated heterocycles. The minimum Gasteiger partial charge on any atom is -0.316 e. The van der Waals surface area contributed by atoms with Gasteiger partial charge in [0.15, 0.2) is 0 Å². The van der Waals surface area contributed by atoms with Crippen molar-refractivity contribution in [2.75, 3.05) is 0 Å². The van der Waals surface area contributed by atoms with Crippen LogP contribution in [0.2, 0.25) is 0 Å². The third-order valence-corrected chi connectivity index (χ3v) is 3.16. The van der Waals surface area contributed by atoms with Crippen LogP contribution in [0, 0.1) is 6.92 Å². The molecule has 1 unspecified atom stereocenters. The number of fused-ring (bicyclic) bond motifs is 1. The van der Waals surface area contributed by atoms with Gasteiger partial charge in [-0.05, 0) is 44.2 Å². The molecule has 0 spiro atoms. The zero-order valence-corrected chi connectivity index (χ0v) is 8.80. The first-order valence-corrected chi connectivity index (χ1v) is 5.13. The van der Waals surface area contributed by atoms with Gasteiger partial charge in [0.1, 0.15) is 0 Å². The molecule has 1 atom stereocenters. The SMILES string of the molecule is Cc1ccc2c(c1)CCC(C)(NO)C2. The fraction of sp³-hybridized carbons (Fsp3) is 0.500. The molecule has 2 heteroatoms. The highest BCUT2D eigenvalue weighted by Crippen LogP contribution is 2.28. The Labute approximate surface area is 84.9 Å². The Balaban J connectivity index is 2.31. The minimum absolute atomic E-state index is 0.137. The van der Waals surface area contributed by atoms with Crippen LogP contribution in [0.3, 0.4) is 0 Å². The maximum Gasteiger partial charge on any atom is 0.0445 e. The van der Waals surface area contributed by atoms with E-state index in [-0.39, 0.29) is 5.54 Å². The maximum absolute atomic E-state index is 9.08. The van der Waals surface area contributed by atoms with E-state index < -0.39 is 0 Å². The molecular weight excluding hydrogens is 174 g/mol. The van der Waals surface area contributed by atoms with Gasteiger partial charge in [0, 0.05) is 5.54 Å². The van der Waals surface area contributed by atoms with Gasteiger partial charge < -0.3 is 5.21 Å². The van der Waals surface area contributed by atoms with E-state index in [0.29, 0.717) is 0 Å².